The highest BCUT2D eigenvalue weighted by atomic mass is 127. The molecule has 1 fully saturated rings. The number of aliphatic hydroxyl groups excluding tert-OH is 1. The lowest BCUT2D eigenvalue weighted by molar-refractivity contribution is 0.0836. The van der Waals surface area contributed by atoms with Crippen molar-refractivity contribution in [2.24, 2.45) is 11.7 Å². The minimum absolute atomic E-state index is 0. The third kappa shape index (κ3) is 4.09. The van der Waals surface area contributed by atoms with Gasteiger partial charge in [-0.1, -0.05) is 12.8 Å². The molecule has 0 aromatic heterocycles. The Morgan fingerprint density at radius 1 is 1.21 bits per heavy atom. The Hall–Kier alpha value is 0.690. The molecular weight excluding hydrogens is 491 g/mol. The first-order valence-corrected chi connectivity index (χ1v) is 8.28. The van der Waals surface area contributed by atoms with Gasteiger partial charge in [-0.2, -0.15) is 0 Å². The second-order valence-electron chi connectivity index (χ2n) is 4.89. The van der Waals surface area contributed by atoms with Crippen LogP contribution in [0.4, 0.5) is 0 Å². The van der Waals surface area contributed by atoms with Gasteiger partial charge in [0.15, 0.2) is 0 Å². The van der Waals surface area contributed by atoms with E-state index in [-0.39, 0.29) is 24.1 Å². The second-order valence-corrected chi connectivity index (χ2v) is 7.29. The number of phenolic OH excluding ortho intramolecular Hbond substituents is 1. The zero-order chi connectivity index (χ0) is 13.3. The molecule has 108 valence electrons. The van der Waals surface area contributed by atoms with Gasteiger partial charge >= 0.3 is 0 Å². The minimum atomic E-state index is -0.563. The molecule has 1 aliphatic rings. The number of hydrogen-bond donors (Lipinski definition) is 3. The molecule has 0 saturated heterocycles. The highest BCUT2D eigenvalue weighted by molar-refractivity contribution is 14.1. The fourth-order valence-corrected chi connectivity index (χ4v) is 4.51. The fraction of sp³-hybridized carbons (Fsp3) is 0.538. The smallest absolute Gasteiger partial charge is 0.133 e. The van der Waals surface area contributed by atoms with E-state index in [9.17, 15) is 10.2 Å². The largest absolute Gasteiger partial charge is 0.506 e. The van der Waals surface area contributed by atoms with Gasteiger partial charge in [0.05, 0.1) is 15.7 Å². The molecule has 0 radical (unpaired) electrons. The average Bonchev–Trinajstić information content (AvgIpc) is 2.85. The van der Waals surface area contributed by atoms with Crippen LogP contribution in [0.3, 0.4) is 0 Å². The summed E-state index contributed by atoms with van der Waals surface area (Å²) in [6, 6.07) is 3.26. The number of hydrogen-bond acceptors (Lipinski definition) is 3. The molecule has 1 aromatic rings. The van der Waals surface area contributed by atoms with E-state index < -0.39 is 12.1 Å². The third-order valence-corrected chi connectivity index (χ3v) is 5.11. The molecular formula is C13H18ClI2NO2. The zero-order valence-electron chi connectivity index (χ0n) is 10.4. The molecule has 1 aliphatic carbocycles. The van der Waals surface area contributed by atoms with Gasteiger partial charge in [-0.25, -0.2) is 0 Å². The quantitative estimate of drug-likeness (QED) is 0.546. The molecule has 0 spiro atoms. The van der Waals surface area contributed by atoms with Crippen LogP contribution in [0.2, 0.25) is 0 Å². The van der Waals surface area contributed by atoms with Crippen LogP contribution in [0.1, 0.15) is 37.3 Å². The van der Waals surface area contributed by atoms with Crippen molar-refractivity contribution in [3.8, 4) is 5.75 Å². The summed E-state index contributed by atoms with van der Waals surface area (Å²) in [5.41, 5.74) is 6.80. The summed E-state index contributed by atoms with van der Waals surface area (Å²) in [5.74, 6) is 0.482. The molecule has 1 aromatic carbocycles. The van der Waals surface area contributed by atoms with E-state index in [0.717, 1.165) is 20.0 Å². The number of aliphatic hydroxyl groups is 1. The van der Waals surface area contributed by atoms with Gasteiger partial charge in [0.25, 0.3) is 0 Å². The summed E-state index contributed by atoms with van der Waals surface area (Å²) in [6.45, 7) is 0. The first kappa shape index (κ1) is 17.7. The lowest BCUT2D eigenvalue weighted by Crippen LogP contribution is -2.32. The van der Waals surface area contributed by atoms with Gasteiger partial charge in [0, 0.05) is 9.13 Å². The highest BCUT2D eigenvalue weighted by Gasteiger charge is 2.30. The summed E-state index contributed by atoms with van der Waals surface area (Å²) < 4.78 is 1.81. The number of halogens is 3. The fourth-order valence-electron chi connectivity index (χ4n) is 2.62. The van der Waals surface area contributed by atoms with Crippen molar-refractivity contribution in [3.05, 3.63) is 24.8 Å². The summed E-state index contributed by atoms with van der Waals surface area (Å²) in [5, 5.41) is 20.4. The molecule has 0 amide bonds. The van der Waals surface area contributed by atoms with Crippen LogP contribution in [0.25, 0.3) is 0 Å². The van der Waals surface area contributed by atoms with Gasteiger partial charge in [0.1, 0.15) is 5.75 Å². The van der Waals surface area contributed by atoms with Crippen molar-refractivity contribution in [2.45, 2.75) is 37.8 Å². The van der Waals surface area contributed by atoms with E-state index in [0.29, 0.717) is 5.56 Å². The Morgan fingerprint density at radius 3 is 2.37 bits per heavy atom. The summed E-state index contributed by atoms with van der Waals surface area (Å²) in [4.78, 5) is 0. The van der Waals surface area contributed by atoms with Crippen LogP contribution in [0, 0.1) is 13.1 Å². The Balaban J connectivity index is 0.00000180. The third-order valence-electron chi connectivity index (χ3n) is 3.67. The number of nitrogens with two attached hydrogens (primary N) is 1. The van der Waals surface area contributed by atoms with Crippen molar-refractivity contribution in [1.82, 2.24) is 0 Å². The predicted molar refractivity (Wildman–Crippen MR) is 95.7 cm³/mol. The van der Waals surface area contributed by atoms with Crippen LogP contribution in [-0.2, 0) is 0 Å². The molecule has 0 bridgehead atoms. The van der Waals surface area contributed by atoms with E-state index in [1.54, 1.807) is 0 Å². The summed E-state index contributed by atoms with van der Waals surface area (Å²) in [7, 11) is 0. The van der Waals surface area contributed by atoms with E-state index in [1.165, 1.54) is 12.8 Å². The predicted octanol–water partition coefficient (Wildman–Crippen LogP) is 3.57. The molecule has 3 nitrogen and oxygen atoms in total. The van der Waals surface area contributed by atoms with Crippen molar-refractivity contribution in [3.63, 3.8) is 0 Å². The average molecular weight is 510 g/mol. The van der Waals surface area contributed by atoms with Crippen LogP contribution in [0.15, 0.2) is 12.1 Å². The van der Waals surface area contributed by atoms with Crippen LogP contribution < -0.4 is 5.73 Å². The standard InChI is InChI=1S/C13H17I2NO2.ClH/c14-8-5-9(13(18)10(15)6-8)11(16)12(17)7-3-1-2-4-7;/h5-7,11-12,17-18H,1-4,16H2;1H/t11-,12+;/m1./s1. The Morgan fingerprint density at radius 2 is 1.79 bits per heavy atom. The monoisotopic (exact) mass is 509 g/mol. The second kappa shape index (κ2) is 7.63. The maximum Gasteiger partial charge on any atom is 0.133 e. The van der Waals surface area contributed by atoms with Crippen molar-refractivity contribution < 1.29 is 10.2 Å². The van der Waals surface area contributed by atoms with Crippen LogP contribution in [0.5, 0.6) is 5.75 Å². The van der Waals surface area contributed by atoms with Gasteiger partial charge < -0.3 is 15.9 Å². The lowest BCUT2D eigenvalue weighted by atomic mass is 9.90. The van der Waals surface area contributed by atoms with E-state index in [1.807, 2.05) is 12.1 Å². The molecule has 19 heavy (non-hydrogen) atoms. The van der Waals surface area contributed by atoms with Gasteiger partial charge in [0.2, 0.25) is 0 Å². The topological polar surface area (TPSA) is 66.5 Å². The summed E-state index contributed by atoms with van der Waals surface area (Å²) in [6.07, 6.45) is 3.86. The molecule has 2 atom stereocenters. The number of aromatic hydroxyl groups is 1. The minimum Gasteiger partial charge on any atom is -0.506 e. The Kier molecular flexibility index (Phi) is 7.12. The van der Waals surface area contributed by atoms with E-state index >= 15 is 0 Å². The number of rotatable bonds is 3. The van der Waals surface area contributed by atoms with Crippen LogP contribution in [-0.4, -0.2) is 16.3 Å². The maximum atomic E-state index is 10.3. The normalized spacial score (nSPS) is 18.9. The van der Waals surface area contributed by atoms with Crippen LogP contribution >= 0.6 is 57.6 Å². The highest BCUT2D eigenvalue weighted by Crippen LogP contribution is 2.37. The van der Waals surface area contributed by atoms with Gasteiger partial charge in [-0.05, 0) is 76.1 Å². The Labute approximate surface area is 147 Å². The molecule has 0 unspecified atom stereocenters. The number of phenols is 1. The van der Waals surface area contributed by atoms with Gasteiger partial charge in [-0.3, -0.25) is 0 Å². The zero-order valence-corrected chi connectivity index (χ0v) is 15.5. The maximum absolute atomic E-state index is 10.3. The molecule has 1 saturated carbocycles. The molecule has 6 heteroatoms. The SMILES string of the molecule is Cl.N[C@H](c1cc(I)cc(I)c1O)[C@@H](O)C1CCCC1. The first-order valence-electron chi connectivity index (χ1n) is 6.12. The van der Waals surface area contributed by atoms with E-state index in [4.69, 9.17) is 5.73 Å². The lowest BCUT2D eigenvalue weighted by Gasteiger charge is -2.25. The van der Waals surface area contributed by atoms with Gasteiger partial charge in [-0.15, -0.1) is 12.4 Å². The van der Waals surface area contributed by atoms with Crippen molar-refractivity contribution >= 4 is 57.6 Å². The van der Waals surface area contributed by atoms with Crippen molar-refractivity contribution in [1.29, 1.82) is 0 Å². The Bertz CT molecular complexity index is 439. The molecule has 0 aliphatic heterocycles. The number of benzene rings is 1. The summed E-state index contributed by atoms with van der Waals surface area (Å²) >= 11 is 4.29. The first-order chi connectivity index (χ1) is 8.50. The van der Waals surface area contributed by atoms with Crippen molar-refractivity contribution in [2.75, 3.05) is 0 Å². The molecule has 0 heterocycles. The molecule has 2 rings (SSSR count). The van der Waals surface area contributed by atoms with E-state index in [2.05, 4.69) is 45.2 Å². The molecule has 4 N–H and O–H groups in total.